The van der Waals surface area contributed by atoms with Crippen molar-refractivity contribution in [3.8, 4) is 0 Å². The number of hydrogen-bond donors (Lipinski definition) is 1. The van der Waals surface area contributed by atoms with Crippen LogP contribution in [-0.4, -0.2) is 17.0 Å². The third kappa shape index (κ3) is 2.97. The van der Waals surface area contributed by atoms with Crippen molar-refractivity contribution in [3.63, 3.8) is 0 Å². The van der Waals surface area contributed by atoms with Crippen LogP contribution in [0, 0.1) is 11.3 Å². The zero-order valence-corrected chi connectivity index (χ0v) is 15.3. The Labute approximate surface area is 146 Å². The van der Waals surface area contributed by atoms with E-state index in [0.717, 1.165) is 49.7 Å². The summed E-state index contributed by atoms with van der Waals surface area (Å²) in [4.78, 5) is 12.8. The Morgan fingerprint density at radius 2 is 2.12 bits per heavy atom. The zero-order valence-electron chi connectivity index (χ0n) is 15.3. The number of hydrogen-bond acceptors (Lipinski definition) is 2. The Morgan fingerprint density at radius 3 is 2.75 bits per heavy atom. The summed E-state index contributed by atoms with van der Waals surface area (Å²) in [6.07, 6.45) is 10.7. The summed E-state index contributed by atoms with van der Waals surface area (Å²) >= 11 is 0. The Bertz CT molecular complexity index is 661. The summed E-state index contributed by atoms with van der Waals surface area (Å²) in [5, 5.41) is 10.6. The summed E-state index contributed by atoms with van der Waals surface area (Å²) in [5.74, 6) is 0.777. The lowest BCUT2D eigenvalue weighted by Crippen LogP contribution is -2.42. The highest BCUT2D eigenvalue weighted by molar-refractivity contribution is 6.10. The smallest absolute Gasteiger partial charge is 0.184 e. The molecule has 0 aliphatic heterocycles. The van der Waals surface area contributed by atoms with Gasteiger partial charge in [0.05, 0.1) is 6.10 Å². The number of allylic oxidation sites excluding steroid dienone is 6. The van der Waals surface area contributed by atoms with Crippen LogP contribution in [0.25, 0.3) is 0 Å². The lowest BCUT2D eigenvalue weighted by molar-refractivity contribution is -0.113. The SMILES string of the molecule is C=C(C)[C@@H]1CC=C(/C=C2\C[C@@]3(C)C(=C(C)C2=O)CCC[C@@H]3O)CC1. The van der Waals surface area contributed by atoms with E-state index in [1.807, 2.05) is 6.92 Å². The largest absolute Gasteiger partial charge is 0.392 e. The first-order valence-corrected chi connectivity index (χ1v) is 9.31. The first-order chi connectivity index (χ1) is 11.3. The summed E-state index contributed by atoms with van der Waals surface area (Å²) in [5.41, 5.74) is 5.25. The van der Waals surface area contributed by atoms with E-state index in [1.54, 1.807) is 0 Å². The van der Waals surface area contributed by atoms with Gasteiger partial charge in [0, 0.05) is 11.0 Å². The van der Waals surface area contributed by atoms with Gasteiger partial charge in [0.15, 0.2) is 5.78 Å². The van der Waals surface area contributed by atoms with Crippen molar-refractivity contribution in [2.45, 2.75) is 71.8 Å². The minimum Gasteiger partial charge on any atom is -0.392 e. The number of aliphatic hydroxyl groups excluding tert-OH is 1. The predicted molar refractivity (Wildman–Crippen MR) is 98.6 cm³/mol. The van der Waals surface area contributed by atoms with Crippen molar-refractivity contribution in [1.82, 2.24) is 0 Å². The Balaban J connectivity index is 1.89. The minimum absolute atomic E-state index is 0.194. The number of rotatable bonds is 2. The van der Waals surface area contributed by atoms with Crippen molar-refractivity contribution in [3.05, 3.63) is 46.6 Å². The molecule has 0 amide bonds. The molecule has 0 aromatic heterocycles. The van der Waals surface area contributed by atoms with E-state index in [9.17, 15) is 9.90 Å². The van der Waals surface area contributed by atoms with Crippen LogP contribution in [0.1, 0.15) is 65.7 Å². The van der Waals surface area contributed by atoms with Gasteiger partial charge in [-0.2, -0.15) is 0 Å². The molecule has 130 valence electrons. The molecular formula is C22H30O2. The second-order valence-corrected chi connectivity index (χ2v) is 8.20. The average Bonchev–Trinajstić information content (AvgIpc) is 2.55. The van der Waals surface area contributed by atoms with Gasteiger partial charge in [-0.1, -0.05) is 42.4 Å². The molecule has 3 aliphatic rings. The predicted octanol–water partition coefficient (Wildman–Crippen LogP) is 5.06. The Morgan fingerprint density at radius 1 is 1.38 bits per heavy atom. The molecule has 3 atom stereocenters. The Hall–Kier alpha value is -1.41. The highest BCUT2D eigenvalue weighted by Crippen LogP contribution is 2.50. The van der Waals surface area contributed by atoms with Crippen molar-refractivity contribution in [2.24, 2.45) is 11.3 Å². The molecule has 1 N–H and O–H groups in total. The van der Waals surface area contributed by atoms with Crippen molar-refractivity contribution in [1.29, 1.82) is 0 Å². The highest BCUT2D eigenvalue weighted by Gasteiger charge is 2.45. The molecule has 3 aliphatic carbocycles. The number of carbonyl (C=O) groups is 1. The molecule has 2 nitrogen and oxygen atoms in total. The lowest BCUT2D eigenvalue weighted by atomic mass is 9.61. The van der Waals surface area contributed by atoms with Crippen LogP contribution in [0.2, 0.25) is 0 Å². The van der Waals surface area contributed by atoms with Gasteiger partial charge in [-0.3, -0.25) is 4.79 Å². The fourth-order valence-electron chi connectivity index (χ4n) is 4.75. The fourth-order valence-corrected chi connectivity index (χ4v) is 4.75. The maximum Gasteiger partial charge on any atom is 0.184 e. The van der Waals surface area contributed by atoms with E-state index in [2.05, 4.69) is 32.6 Å². The van der Waals surface area contributed by atoms with Crippen LogP contribution in [0.5, 0.6) is 0 Å². The first-order valence-electron chi connectivity index (χ1n) is 9.31. The van der Waals surface area contributed by atoms with E-state index in [0.29, 0.717) is 12.3 Å². The summed E-state index contributed by atoms with van der Waals surface area (Å²) in [7, 11) is 0. The van der Waals surface area contributed by atoms with Gasteiger partial charge in [0.2, 0.25) is 0 Å². The van der Waals surface area contributed by atoms with Crippen LogP contribution in [0.4, 0.5) is 0 Å². The molecule has 1 saturated carbocycles. The van der Waals surface area contributed by atoms with Gasteiger partial charge in [-0.15, -0.1) is 0 Å². The molecule has 0 unspecified atom stereocenters. The van der Waals surface area contributed by atoms with E-state index in [4.69, 9.17) is 0 Å². The highest BCUT2D eigenvalue weighted by atomic mass is 16.3. The number of ketones is 1. The number of fused-ring (bicyclic) bond motifs is 1. The fraction of sp³-hybridized carbons (Fsp3) is 0.591. The molecule has 0 spiro atoms. The second kappa shape index (κ2) is 6.48. The minimum atomic E-state index is -0.333. The standard InChI is InChI=1S/C22H30O2/c1-14(2)17-10-8-16(9-11-17)12-18-13-22(4)19(15(3)21(18)24)6-5-7-20(22)23/h8,12,17,20,23H,1,5-7,9-11,13H2,2-4H3/b18-12+/t17-,20+,22+/m1/s1. The lowest BCUT2D eigenvalue weighted by Gasteiger charge is -2.45. The molecule has 24 heavy (non-hydrogen) atoms. The van der Waals surface area contributed by atoms with Crippen molar-refractivity contribution in [2.75, 3.05) is 0 Å². The quantitative estimate of drug-likeness (QED) is 0.569. The third-order valence-corrected chi connectivity index (χ3v) is 6.47. The average molecular weight is 326 g/mol. The molecule has 0 bridgehead atoms. The van der Waals surface area contributed by atoms with E-state index >= 15 is 0 Å². The first kappa shape index (κ1) is 17.4. The molecule has 3 rings (SSSR count). The maximum absolute atomic E-state index is 12.8. The van der Waals surface area contributed by atoms with Gasteiger partial charge < -0.3 is 5.11 Å². The molecule has 0 aromatic carbocycles. The molecule has 1 fully saturated rings. The van der Waals surface area contributed by atoms with Crippen LogP contribution in [0.3, 0.4) is 0 Å². The second-order valence-electron chi connectivity index (χ2n) is 8.20. The van der Waals surface area contributed by atoms with E-state index in [1.165, 1.54) is 16.7 Å². The van der Waals surface area contributed by atoms with Gasteiger partial charge in [-0.25, -0.2) is 0 Å². The summed E-state index contributed by atoms with van der Waals surface area (Å²) < 4.78 is 0. The normalized spacial score (nSPS) is 35.8. The number of carbonyl (C=O) groups excluding carboxylic acids is 1. The van der Waals surface area contributed by atoms with Gasteiger partial charge >= 0.3 is 0 Å². The topological polar surface area (TPSA) is 37.3 Å². The van der Waals surface area contributed by atoms with Crippen molar-refractivity contribution >= 4 is 5.78 Å². The molecule has 0 aromatic rings. The zero-order chi connectivity index (χ0) is 17.5. The molecule has 0 saturated heterocycles. The van der Waals surface area contributed by atoms with Crippen LogP contribution < -0.4 is 0 Å². The van der Waals surface area contributed by atoms with E-state index in [-0.39, 0.29) is 17.3 Å². The van der Waals surface area contributed by atoms with Gasteiger partial charge in [-0.05, 0) is 70.3 Å². The molecule has 2 heteroatoms. The van der Waals surface area contributed by atoms with Crippen LogP contribution in [-0.2, 0) is 4.79 Å². The Kier molecular flexibility index (Phi) is 4.70. The molecular weight excluding hydrogens is 296 g/mol. The van der Waals surface area contributed by atoms with Gasteiger partial charge in [0.25, 0.3) is 0 Å². The van der Waals surface area contributed by atoms with Crippen LogP contribution >= 0.6 is 0 Å². The maximum atomic E-state index is 12.8. The monoisotopic (exact) mass is 326 g/mol. The molecule has 0 radical (unpaired) electrons. The molecule has 0 heterocycles. The van der Waals surface area contributed by atoms with Crippen LogP contribution in [0.15, 0.2) is 46.6 Å². The van der Waals surface area contributed by atoms with Crippen molar-refractivity contribution < 1.29 is 9.90 Å². The van der Waals surface area contributed by atoms with E-state index < -0.39 is 0 Å². The van der Waals surface area contributed by atoms with Gasteiger partial charge in [0.1, 0.15) is 0 Å². The number of aliphatic hydroxyl groups is 1. The third-order valence-electron chi connectivity index (χ3n) is 6.47. The summed E-state index contributed by atoms with van der Waals surface area (Å²) in [6.45, 7) is 10.3. The number of Topliss-reactive ketones (excluding diaryl/α,β-unsaturated/α-hetero) is 1. The summed E-state index contributed by atoms with van der Waals surface area (Å²) in [6, 6.07) is 0.